The molecule has 0 saturated carbocycles. The summed E-state index contributed by atoms with van der Waals surface area (Å²) in [6.07, 6.45) is 1.59. The van der Waals surface area contributed by atoms with Crippen molar-refractivity contribution in [1.29, 1.82) is 0 Å². The molecule has 6 heteroatoms. The van der Waals surface area contributed by atoms with Gasteiger partial charge in [-0.25, -0.2) is 0 Å². The van der Waals surface area contributed by atoms with Gasteiger partial charge in [-0.05, 0) is 42.0 Å². The lowest BCUT2D eigenvalue weighted by atomic mass is 10.2. The second-order valence-corrected chi connectivity index (χ2v) is 3.95. The summed E-state index contributed by atoms with van der Waals surface area (Å²) in [5, 5.41) is 14.6. The van der Waals surface area contributed by atoms with E-state index in [1.54, 1.807) is 25.5 Å². The summed E-state index contributed by atoms with van der Waals surface area (Å²) in [6.45, 7) is 0. The van der Waals surface area contributed by atoms with E-state index in [1.807, 2.05) is 24.3 Å². The number of hydrazone groups is 1. The number of hydrogen-bond donors (Lipinski definition) is 1. The highest BCUT2D eigenvalue weighted by Gasteiger charge is 2.02. The van der Waals surface area contributed by atoms with E-state index in [0.29, 0.717) is 0 Å². The van der Waals surface area contributed by atoms with E-state index in [-0.39, 0.29) is 5.69 Å². The zero-order valence-corrected chi connectivity index (χ0v) is 10.8. The number of nitrogens with one attached hydrogen (secondary N) is 1. The van der Waals surface area contributed by atoms with E-state index in [4.69, 9.17) is 4.74 Å². The third-order valence-electron chi connectivity index (χ3n) is 2.60. The second kappa shape index (κ2) is 6.33. The first-order valence-corrected chi connectivity index (χ1v) is 5.86. The minimum absolute atomic E-state index is 0.0604. The molecule has 0 atom stereocenters. The van der Waals surface area contributed by atoms with E-state index in [0.717, 1.165) is 17.0 Å². The summed E-state index contributed by atoms with van der Waals surface area (Å²) in [5.74, 6) is 0.773. The van der Waals surface area contributed by atoms with Gasteiger partial charge in [0.15, 0.2) is 0 Å². The lowest BCUT2D eigenvalue weighted by molar-refractivity contribution is -0.384. The fraction of sp³-hybridized carbons (Fsp3) is 0.0714. The highest BCUT2D eigenvalue weighted by molar-refractivity contribution is 5.80. The number of anilines is 1. The van der Waals surface area contributed by atoms with Crippen LogP contribution in [-0.4, -0.2) is 18.2 Å². The van der Waals surface area contributed by atoms with E-state index >= 15 is 0 Å². The minimum atomic E-state index is -0.434. The van der Waals surface area contributed by atoms with Crippen molar-refractivity contribution in [3.63, 3.8) is 0 Å². The van der Waals surface area contributed by atoms with Crippen LogP contribution in [0.1, 0.15) is 5.56 Å². The molecule has 0 fully saturated rings. The van der Waals surface area contributed by atoms with Gasteiger partial charge in [0, 0.05) is 12.1 Å². The van der Waals surface area contributed by atoms with E-state index in [2.05, 4.69) is 10.5 Å². The van der Waals surface area contributed by atoms with Crippen LogP contribution in [0.3, 0.4) is 0 Å². The van der Waals surface area contributed by atoms with Gasteiger partial charge in [0.1, 0.15) is 5.75 Å². The number of hydrogen-bond acceptors (Lipinski definition) is 5. The third kappa shape index (κ3) is 3.55. The smallest absolute Gasteiger partial charge is 0.269 e. The molecule has 0 radical (unpaired) electrons. The van der Waals surface area contributed by atoms with Gasteiger partial charge < -0.3 is 4.74 Å². The molecule has 0 amide bonds. The Morgan fingerprint density at radius 2 is 1.80 bits per heavy atom. The Balaban J connectivity index is 1.96. The molecule has 0 aliphatic heterocycles. The lowest BCUT2D eigenvalue weighted by Gasteiger charge is -2.02. The molecule has 2 aromatic rings. The maximum atomic E-state index is 10.5. The van der Waals surface area contributed by atoms with Crippen LogP contribution < -0.4 is 10.2 Å². The normalized spacial score (nSPS) is 10.4. The Hall–Kier alpha value is -2.89. The Labute approximate surface area is 115 Å². The van der Waals surface area contributed by atoms with Gasteiger partial charge in [-0.1, -0.05) is 0 Å². The van der Waals surface area contributed by atoms with Crippen LogP contribution in [0.5, 0.6) is 5.75 Å². The van der Waals surface area contributed by atoms with E-state index in [1.165, 1.54) is 12.1 Å². The summed E-state index contributed by atoms with van der Waals surface area (Å²) < 4.78 is 5.05. The van der Waals surface area contributed by atoms with Crippen molar-refractivity contribution in [3.05, 3.63) is 64.2 Å². The van der Waals surface area contributed by atoms with E-state index < -0.39 is 4.92 Å². The number of nitrogens with zero attached hydrogens (tertiary/aromatic N) is 2. The van der Waals surface area contributed by atoms with Crippen molar-refractivity contribution in [1.82, 2.24) is 0 Å². The fourth-order valence-corrected chi connectivity index (χ4v) is 1.53. The summed E-state index contributed by atoms with van der Waals surface area (Å²) in [7, 11) is 1.61. The number of benzene rings is 2. The zero-order chi connectivity index (χ0) is 14.4. The van der Waals surface area contributed by atoms with Gasteiger partial charge >= 0.3 is 0 Å². The van der Waals surface area contributed by atoms with Crippen molar-refractivity contribution in [3.8, 4) is 5.75 Å². The van der Waals surface area contributed by atoms with Gasteiger partial charge in [0.25, 0.3) is 5.69 Å². The Morgan fingerprint density at radius 1 is 1.15 bits per heavy atom. The zero-order valence-electron chi connectivity index (χ0n) is 10.8. The topological polar surface area (TPSA) is 76.8 Å². The van der Waals surface area contributed by atoms with Crippen LogP contribution in [0.4, 0.5) is 11.4 Å². The van der Waals surface area contributed by atoms with Gasteiger partial charge in [-0.2, -0.15) is 5.10 Å². The number of methoxy groups -OCH3 is 1. The molecule has 0 heterocycles. The average molecular weight is 271 g/mol. The molecule has 0 aromatic heterocycles. The van der Waals surface area contributed by atoms with Crippen molar-refractivity contribution in [2.75, 3.05) is 12.5 Å². The number of nitro benzene ring substituents is 1. The van der Waals surface area contributed by atoms with Gasteiger partial charge in [-0.15, -0.1) is 0 Å². The molecule has 0 bridgehead atoms. The summed E-state index contributed by atoms with van der Waals surface area (Å²) in [6, 6.07) is 13.5. The molecule has 6 nitrogen and oxygen atoms in total. The molecule has 2 aromatic carbocycles. The molecule has 0 unspecified atom stereocenters. The number of ether oxygens (including phenoxy) is 1. The highest BCUT2D eigenvalue weighted by Crippen LogP contribution is 2.15. The molecule has 0 saturated heterocycles. The van der Waals surface area contributed by atoms with Crippen LogP contribution in [-0.2, 0) is 0 Å². The molecule has 0 aliphatic carbocycles. The third-order valence-corrected chi connectivity index (χ3v) is 2.60. The minimum Gasteiger partial charge on any atom is -0.497 e. The van der Waals surface area contributed by atoms with E-state index in [9.17, 15) is 10.1 Å². The lowest BCUT2D eigenvalue weighted by Crippen LogP contribution is -1.92. The van der Waals surface area contributed by atoms with Gasteiger partial charge in [0.05, 0.1) is 23.9 Å². The molecular weight excluding hydrogens is 258 g/mol. The largest absolute Gasteiger partial charge is 0.497 e. The Kier molecular flexibility index (Phi) is 4.28. The van der Waals surface area contributed by atoms with Crippen molar-refractivity contribution >= 4 is 17.6 Å². The molecule has 1 N–H and O–H groups in total. The molecule has 2 rings (SSSR count). The standard InChI is InChI=1S/C14H13N3O3/c1-20-14-8-4-12(5-9-14)16-15-10-11-2-6-13(7-3-11)17(18)19/h2-10,16H,1H3/b15-10+. The van der Waals surface area contributed by atoms with Crippen molar-refractivity contribution in [2.24, 2.45) is 5.10 Å². The van der Waals surface area contributed by atoms with Crippen molar-refractivity contribution < 1.29 is 9.66 Å². The first-order chi connectivity index (χ1) is 9.69. The molecule has 20 heavy (non-hydrogen) atoms. The SMILES string of the molecule is COc1ccc(N/N=C/c2ccc([N+](=O)[O-])cc2)cc1. The molecular formula is C14H13N3O3. The number of non-ortho nitro benzene ring substituents is 1. The quantitative estimate of drug-likeness (QED) is 0.515. The summed E-state index contributed by atoms with van der Waals surface area (Å²) in [4.78, 5) is 10.1. The van der Waals surface area contributed by atoms with Crippen LogP contribution in [0.2, 0.25) is 0 Å². The van der Waals surface area contributed by atoms with Crippen LogP contribution in [0.25, 0.3) is 0 Å². The highest BCUT2D eigenvalue weighted by atomic mass is 16.6. The predicted molar refractivity (Wildman–Crippen MR) is 77.3 cm³/mol. The average Bonchev–Trinajstić information content (AvgIpc) is 2.48. The van der Waals surface area contributed by atoms with Gasteiger partial charge in [0.2, 0.25) is 0 Å². The monoisotopic (exact) mass is 271 g/mol. The molecule has 0 spiro atoms. The Morgan fingerprint density at radius 3 is 2.35 bits per heavy atom. The van der Waals surface area contributed by atoms with Gasteiger partial charge in [-0.3, -0.25) is 15.5 Å². The second-order valence-electron chi connectivity index (χ2n) is 3.95. The maximum absolute atomic E-state index is 10.5. The fourth-order valence-electron chi connectivity index (χ4n) is 1.53. The van der Waals surface area contributed by atoms with Crippen LogP contribution in [0.15, 0.2) is 53.6 Å². The number of nitro groups is 1. The summed E-state index contributed by atoms with van der Waals surface area (Å²) >= 11 is 0. The number of rotatable bonds is 5. The Bertz CT molecular complexity index is 607. The summed E-state index contributed by atoms with van der Waals surface area (Å²) in [5.41, 5.74) is 4.52. The van der Waals surface area contributed by atoms with Crippen molar-refractivity contribution in [2.45, 2.75) is 0 Å². The predicted octanol–water partition coefficient (Wildman–Crippen LogP) is 3.05. The first kappa shape index (κ1) is 13.5. The molecule has 102 valence electrons. The first-order valence-electron chi connectivity index (χ1n) is 5.86. The maximum Gasteiger partial charge on any atom is 0.269 e. The van der Waals surface area contributed by atoms with Crippen LogP contribution in [0, 0.1) is 10.1 Å². The van der Waals surface area contributed by atoms with Crippen LogP contribution >= 0.6 is 0 Å². The molecule has 0 aliphatic rings.